The number of carbonyl (C=O) groups excluding carboxylic acids is 1. The van der Waals surface area contributed by atoms with Gasteiger partial charge in [-0.05, 0) is 32.1 Å². The number of rotatable bonds is 18. The molecule has 0 aromatic carbocycles. The highest BCUT2D eigenvalue weighted by Gasteiger charge is 2.17. The molecule has 3 N–H and O–H groups in total. The highest BCUT2D eigenvalue weighted by atomic mass is 31.2. The SMILES string of the molecule is CCCCCC/C=C/CCCCCCCC(=O)OC[C@@H](O)COP(=O)(O)O. The van der Waals surface area contributed by atoms with Gasteiger partial charge in [-0.3, -0.25) is 9.32 Å². The Bertz CT molecular complexity index is 434. The first kappa shape index (κ1) is 26.3. The van der Waals surface area contributed by atoms with Gasteiger partial charge in [0, 0.05) is 6.42 Å². The van der Waals surface area contributed by atoms with Crippen LogP contribution in [0.1, 0.15) is 84.0 Å². The fourth-order valence-electron chi connectivity index (χ4n) is 2.48. The van der Waals surface area contributed by atoms with E-state index in [1.165, 1.54) is 38.5 Å². The maximum Gasteiger partial charge on any atom is 0.469 e. The molecule has 0 aromatic heterocycles. The number of carbonyl (C=O) groups is 1. The molecule has 0 aliphatic carbocycles. The standard InChI is InChI=1S/C19H37O7P/c1-2-3-4-5-6-7-8-9-10-11-12-13-14-15-19(21)25-16-18(20)17-26-27(22,23)24/h7-8,18,20H,2-6,9-17H2,1H3,(H2,22,23,24)/b8-7+/t18-/m1/s1. The van der Waals surface area contributed by atoms with Crippen molar-refractivity contribution in [3.8, 4) is 0 Å². The third-order valence-corrected chi connectivity index (χ3v) is 4.50. The van der Waals surface area contributed by atoms with Crippen molar-refractivity contribution in [2.45, 2.75) is 90.1 Å². The van der Waals surface area contributed by atoms with Crippen molar-refractivity contribution in [3.05, 3.63) is 12.2 Å². The number of phosphoric acid groups is 1. The third-order valence-electron chi connectivity index (χ3n) is 4.01. The predicted octanol–water partition coefficient (Wildman–Crippen LogP) is 4.26. The molecule has 0 amide bonds. The van der Waals surface area contributed by atoms with E-state index in [-0.39, 0.29) is 13.0 Å². The Morgan fingerprint density at radius 1 is 0.926 bits per heavy atom. The first-order valence-electron chi connectivity index (χ1n) is 10.0. The number of hydrogen-bond donors (Lipinski definition) is 3. The van der Waals surface area contributed by atoms with E-state index in [0.29, 0.717) is 0 Å². The number of phosphoric ester groups is 1. The Kier molecular flexibility index (Phi) is 16.9. The quantitative estimate of drug-likeness (QED) is 0.134. The maximum atomic E-state index is 11.5. The first-order valence-corrected chi connectivity index (χ1v) is 11.6. The molecule has 0 saturated carbocycles. The molecular weight excluding hydrogens is 371 g/mol. The zero-order valence-corrected chi connectivity index (χ0v) is 17.4. The lowest BCUT2D eigenvalue weighted by Gasteiger charge is -2.12. The van der Waals surface area contributed by atoms with Gasteiger partial charge in [0.25, 0.3) is 0 Å². The maximum absolute atomic E-state index is 11.5. The van der Waals surface area contributed by atoms with Crippen LogP contribution in [0.3, 0.4) is 0 Å². The molecule has 0 aliphatic rings. The molecule has 160 valence electrons. The van der Waals surface area contributed by atoms with Gasteiger partial charge in [0.05, 0.1) is 6.61 Å². The van der Waals surface area contributed by atoms with Crippen LogP contribution in [-0.2, 0) is 18.6 Å². The van der Waals surface area contributed by atoms with Gasteiger partial charge in [0.15, 0.2) is 0 Å². The summed E-state index contributed by atoms with van der Waals surface area (Å²) in [5.41, 5.74) is 0. The summed E-state index contributed by atoms with van der Waals surface area (Å²) in [4.78, 5) is 28.5. The minimum Gasteiger partial charge on any atom is -0.463 e. The molecule has 0 radical (unpaired) electrons. The fourth-order valence-corrected chi connectivity index (χ4v) is 2.85. The molecular formula is C19H37O7P. The van der Waals surface area contributed by atoms with Crippen molar-refractivity contribution in [3.63, 3.8) is 0 Å². The Hall–Kier alpha value is -0.720. The Balaban J connectivity index is 3.41. The van der Waals surface area contributed by atoms with Crippen molar-refractivity contribution in [2.24, 2.45) is 0 Å². The van der Waals surface area contributed by atoms with Gasteiger partial charge in [-0.1, -0.05) is 57.6 Å². The van der Waals surface area contributed by atoms with E-state index in [1.807, 2.05) is 0 Å². The van der Waals surface area contributed by atoms with Crippen LogP contribution in [0.25, 0.3) is 0 Å². The van der Waals surface area contributed by atoms with Gasteiger partial charge < -0.3 is 19.6 Å². The fraction of sp³-hybridized carbons (Fsp3) is 0.842. The molecule has 0 rings (SSSR count). The van der Waals surface area contributed by atoms with E-state index in [4.69, 9.17) is 14.5 Å². The van der Waals surface area contributed by atoms with E-state index in [1.54, 1.807) is 0 Å². The van der Waals surface area contributed by atoms with E-state index in [0.717, 1.165) is 32.1 Å². The second-order valence-electron chi connectivity index (χ2n) is 6.75. The lowest BCUT2D eigenvalue weighted by Crippen LogP contribution is -2.23. The molecule has 8 heteroatoms. The summed E-state index contributed by atoms with van der Waals surface area (Å²) in [5, 5.41) is 9.39. The lowest BCUT2D eigenvalue weighted by molar-refractivity contribution is -0.147. The van der Waals surface area contributed by atoms with E-state index >= 15 is 0 Å². The minimum absolute atomic E-state index is 0.281. The van der Waals surface area contributed by atoms with Crippen LogP contribution in [0, 0.1) is 0 Å². The van der Waals surface area contributed by atoms with Crippen molar-refractivity contribution >= 4 is 13.8 Å². The first-order chi connectivity index (χ1) is 12.8. The van der Waals surface area contributed by atoms with Gasteiger partial charge in [0.1, 0.15) is 12.7 Å². The van der Waals surface area contributed by atoms with Crippen LogP contribution in [0.15, 0.2) is 12.2 Å². The van der Waals surface area contributed by atoms with E-state index in [2.05, 4.69) is 23.6 Å². The average molecular weight is 408 g/mol. The van der Waals surface area contributed by atoms with Crippen LogP contribution in [0.4, 0.5) is 0 Å². The number of hydrogen-bond acceptors (Lipinski definition) is 5. The molecule has 0 unspecified atom stereocenters. The van der Waals surface area contributed by atoms with Gasteiger partial charge in [-0.25, -0.2) is 4.57 Å². The van der Waals surface area contributed by atoms with Crippen LogP contribution >= 0.6 is 7.82 Å². The van der Waals surface area contributed by atoms with E-state index in [9.17, 15) is 14.5 Å². The smallest absolute Gasteiger partial charge is 0.463 e. The normalized spacial score (nSPS) is 13.2. The zero-order chi connectivity index (χ0) is 20.4. The summed E-state index contributed by atoms with van der Waals surface area (Å²) < 4.78 is 19.4. The molecule has 0 heterocycles. The van der Waals surface area contributed by atoms with Gasteiger partial charge >= 0.3 is 13.8 Å². The number of allylic oxidation sites excluding steroid dienone is 2. The average Bonchev–Trinajstić information content (AvgIpc) is 2.61. The summed E-state index contributed by atoms with van der Waals surface area (Å²) in [6.45, 7) is 1.31. The van der Waals surface area contributed by atoms with E-state index < -0.39 is 26.5 Å². The van der Waals surface area contributed by atoms with Crippen LogP contribution in [0.5, 0.6) is 0 Å². The summed E-state index contributed by atoms with van der Waals surface area (Å²) in [6.07, 6.45) is 16.2. The summed E-state index contributed by atoms with van der Waals surface area (Å²) in [7, 11) is -4.62. The number of aliphatic hydroxyl groups is 1. The monoisotopic (exact) mass is 408 g/mol. The highest BCUT2D eigenvalue weighted by Crippen LogP contribution is 2.35. The predicted molar refractivity (Wildman–Crippen MR) is 105 cm³/mol. The van der Waals surface area contributed by atoms with Crippen LogP contribution in [-0.4, -0.2) is 40.2 Å². The Morgan fingerprint density at radius 3 is 2.07 bits per heavy atom. The Labute approximate surface area is 163 Å². The number of aliphatic hydroxyl groups excluding tert-OH is 1. The molecule has 27 heavy (non-hydrogen) atoms. The summed E-state index contributed by atoms with van der Waals surface area (Å²) >= 11 is 0. The number of esters is 1. The minimum atomic E-state index is -4.62. The largest absolute Gasteiger partial charge is 0.469 e. The van der Waals surface area contributed by atoms with Crippen molar-refractivity contribution in [1.29, 1.82) is 0 Å². The van der Waals surface area contributed by atoms with Crippen molar-refractivity contribution in [1.82, 2.24) is 0 Å². The molecule has 0 fully saturated rings. The molecule has 1 atom stereocenters. The van der Waals surface area contributed by atoms with Crippen LogP contribution in [0.2, 0.25) is 0 Å². The zero-order valence-electron chi connectivity index (χ0n) is 16.6. The number of ether oxygens (including phenoxy) is 1. The third kappa shape index (κ3) is 21.4. The highest BCUT2D eigenvalue weighted by molar-refractivity contribution is 7.46. The molecule has 0 bridgehead atoms. The molecule has 0 aromatic rings. The second kappa shape index (κ2) is 17.4. The summed E-state index contributed by atoms with van der Waals surface area (Å²) in [6, 6.07) is 0. The molecule has 0 saturated heterocycles. The molecule has 0 aliphatic heterocycles. The van der Waals surface area contributed by atoms with Gasteiger partial charge in [0.2, 0.25) is 0 Å². The second-order valence-corrected chi connectivity index (χ2v) is 7.99. The summed E-state index contributed by atoms with van der Waals surface area (Å²) in [5.74, 6) is -0.420. The van der Waals surface area contributed by atoms with Gasteiger partial charge in [-0.2, -0.15) is 0 Å². The van der Waals surface area contributed by atoms with Crippen molar-refractivity contribution < 1.29 is 33.5 Å². The lowest BCUT2D eigenvalue weighted by atomic mass is 10.1. The molecule has 7 nitrogen and oxygen atoms in total. The Morgan fingerprint density at radius 2 is 1.48 bits per heavy atom. The van der Waals surface area contributed by atoms with Crippen molar-refractivity contribution in [2.75, 3.05) is 13.2 Å². The number of unbranched alkanes of at least 4 members (excludes halogenated alkanes) is 9. The van der Waals surface area contributed by atoms with Gasteiger partial charge in [-0.15, -0.1) is 0 Å². The molecule has 0 spiro atoms. The van der Waals surface area contributed by atoms with Crippen LogP contribution < -0.4 is 0 Å². The topological polar surface area (TPSA) is 113 Å².